The van der Waals surface area contributed by atoms with Crippen LogP contribution in [0.1, 0.15) is 36.8 Å². The van der Waals surface area contributed by atoms with Gasteiger partial charge in [0.05, 0.1) is 11.9 Å². The van der Waals surface area contributed by atoms with Gasteiger partial charge >= 0.3 is 0 Å². The molecule has 0 aliphatic heterocycles. The molecule has 1 saturated carbocycles. The van der Waals surface area contributed by atoms with Crippen LogP contribution in [0.3, 0.4) is 0 Å². The molecule has 0 heterocycles. The predicted molar refractivity (Wildman–Crippen MR) is 168 cm³/mol. The van der Waals surface area contributed by atoms with Crippen LogP contribution in [0.2, 0.25) is 10.0 Å². The van der Waals surface area contributed by atoms with Crippen LogP contribution in [0, 0.1) is 0 Å². The minimum absolute atomic E-state index is 0.0134. The Hall–Kier alpha value is -2.59. The van der Waals surface area contributed by atoms with Crippen LogP contribution in [0.4, 0.5) is 5.69 Å². The second-order valence-corrected chi connectivity index (χ2v) is 13.9. The molecule has 218 valence electrons. The molecule has 0 spiro atoms. The fourth-order valence-electron chi connectivity index (χ4n) is 5.00. The number of rotatable bonds is 11. The monoisotopic (exact) mass is 679 g/mol. The number of hydrogen-bond acceptors (Lipinski definition) is 4. The van der Waals surface area contributed by atoms with E-state index in [1.807, 2.05) is 30.3 Å². The smallest absolute Gasteiger partial charge is 0.244 e. The summed E-state index contributed by atoms with van der Waals surface area (Å²) in [5.74, 6) is -0.823. The number of hydrogen-bond donors (Lipinski definition) is 1. The Labute approximate surface area is 260 Å². The number of carbonyl (C=O) groups excluding carboxylic acids is 2. The Bertz CT molecular complexity index is 1480. The molecule has 4 rings (SSSR count). The summed E-state index contributed by atoms with van der Waals surface area (Å²) in [6.45, 7) is -0.511. The van der Waals surface area contributed by atoms with Crippen LogP contribution in [-0.2, 0) is 32.6 Å². The summed E-state index contributed by atoms with van der Waals surface area (Å²) in [7, 11) is -3.85. The molecular formula is C30H32BrCl2N3O4S. The first kappa shape index (κ1) is 31.3. The first-order chi connectivity index (χ1) is 19.5. The lowest BCUT2D eigenvalue weighted by molar-refractivity contribution is -0.140. The highest BCUT2D eigenvalue weighted by Crippen LogP contribution is 2.27. The van der Waals surface area contributed by atoms with E-state index < -0.39 is 28.5 Å². The number of amides is 2. The van der Waals surface area contributed by atoms with Crippen LogP contribution >= 0.6 is 39.1 Å². The predicted octanol–water partition coefficient (Wildman–Crippen LogP) is 6.22. The first-order valence-corrected chi connectivity index (χ1v) is 16.7. The van der Waals surface area contributed by atoms with Crippen molar-refractivity contribution in [2.75, 3.05) is 17.1 Å². The van der Waals surface area contributed by atoms with Gasteiger partial charge in [-0.15, -0.1) is 0 Å². The summed E-state index contributed by atoms with van der Waals surface area (Å²) in [5.41, 5.74) is 1.78. The van der Waals surface area contributed by atoms with Gasteiger partial charge in [0.2, 0.25) is 21.8 Å². The van der Waals surface area contributed by atoms with Gasteiger partial charge in [0.25, 0.3) is 0 Å². The van der Waals surface area contributed by atoms with Gasteiger partial charge in [-0.1, -0.05) is 94.4 Å². The number of sulfonamides is 1. The maximum absolute atomic E-state index is 14.2. The summed E-state index contributed by atoms with van der Waals surface area (Å²) in [4.78, 5) is 29.5. The number of carbonyl (C=O) groups is 2. The maximum atomic E-state index is 14.2. The van der Waals surface area contributed by atoms with Gasteiger partial charge < -0.3 is 10.2 Å². The van der Waals surface area contributed by atoms with Gasteiger partial charge in [-0.3, -0.25) is 13.9 Å². The van der Waals surface area contributed by atoms with E-state index in [0.29, 0.717) is 25.8 Å². The Morgan fingerprint density at radius 2 is 1.71 bits per heavy atom. The Kier molecular flexibility index (Phi) is 10.7. The molecule has 3 aromatic rings. The van der Waals surface area contributed by atoms with Crippen molar-refractivity contribution in [1.82, 2.24) is 10.2 Å². The summed E-state index contributed by atoms with van der Waals surface area (Å²) in [5, 5.41) is 3.93. The van der Waals surface area contributed by atoms with Crippen LogP contribution in [0.25, 0.3) is 0 Å². The van der Waals surface area contributed by atoms with Crippen molar-refractivity contribution in [3.05, 3.63) is 98.4 Å². The molecular weight excluding hydrogens is 649 g/mol. The molecule has 41 heavy (non-hydrogen) atoms. The zero-order valence-corrected chi connectivity index (χ0v) is 26.5. The van der Waals surface area contributed by atoms with Crippen molar-refractivity contribution in [2.45, 2.75) is 50.7 Å². The summed E-state index contributed by atoms with van der Waals surface area (Å²) < 4.78 is 27.5. The Balaban J connectivity index is 1.74. The lowest BCUT2D eigenvalue weighted by Gasteiger charge is -2.34. The fraction of sp³-hybridized carbons (Fsp3) is 0.333. The number of benzene rings is 3. The molecule has 1 unspecified atom stereocenters. The molecule has 0 aromatic heterocycles. The third kappa shape index (κ3) is 8.70. The molecule has 1 N–H and O–H groups in total. The molecule has 7 nitrogen and oxygen atoms in total. The van der Waals surface area contributed by atoms with E-state index in [2.05, 4.69) is 21.2 Å². The molecule has 11 heteroatoms. The van der Waals surface area contributed by atoms with Crippen LogP contribution in [-0.4, -0.2) is 50.0 Å². The van der Waals surface area contributed by atoms with E-state index in [9.17, 15) is 18.0 Å². The highest BCUT2D eigenvalue weighted by Gasteiger charge is 2.34. The van der Waals surface area contributed by atoms with Gasteiger partial charge in [0.15, 0.2) is 0 Å². The fourth-order valence-corrected chi connectivity index (χ4v) is 6.70. The van der Waals surface area contributed by atoms with E-state index in [0.717, 1.165) is 41.8 Å². The van der Waals surface area contributed by atoms with Gasteiger partial charge in [-0.2, -0.15) is 0 Å². The SMILES string of the molecule is CS(=O)(=O)N(CC(=O)N(Cc1ccc(Cl)cc1Cl)C(Cc1ccccc1)C(=O)NC1CCCC1)c1cccc(Br)c1. The molecule has 3 aromatic carbocycles. The summed E-state index contributed by atoms with van der Waals surface area (Å²) in [6, 6.07) is 20.2. The number of nitrogens with one attached hydrogen (secondary N) is 1. The molecule has 0 saturated heterocycles. The molecule has 1 atom stereocenters. The topological polar surface area (TPSA) is 86.8 Å². The number of halogens is 3. The lowest BCUT2D eigenvalue weighted by atomic mass is 10.0. The van der Waals surface area contributed by atoms with Crippen molar-refractivity contribution < 1.29 is 18.0 Å². The lowest BCUT2D eigenvalue weighted by Crippen LogP contribution is -2.54. The molecule has 0 radical (unpaired) electrons. The highest BCUT2D eigenvalue weighted by molar-refractivity contribution is 9.10. The first-order valence-electron chi connectivity index (χ1n) is 13.3. The Morgan fingerprint density at radius 3 is 2.34 bits per heavy atom. The molecule has 2 amide bonds. The number of nitrogens with zero attached hydrogens (tertiary/aromatic N) is 2. The van der Waals surface area contributed by atoms with E-state index in [1.54, 1.807) is 42.5 Å². The Morgan fingerprint density at radius 1 is 1.00 bits per heavy atom. The van der Waals surface area contributed by atoms with Gasteiger partial charge in [0, 0.05) is 33.5 Å². The minimum atomic E-state index is -3.85. The second-order valence-electron chi connectivity index (χ2n) is 10.2. The van der Waals surface area contributed by atoms with Crippen molar-refractivity contribution in [2.24, 2.45) is 0 Å². The van der Waals surface area contributed by atoms with E-state index in [-0.39, 0.29) is 24.9 Å². The van der Waals surface area contributed by atoms with Crippen molar-refractivity contribution in [3.63, 3.8) is 0 Å². The van der Waals surface area contributed by atoms with Crippen LogP contribution in [0.15, 0.2) is 77.3 Å². The number of anilines is 1. The summed E-state index contributed by atoms with van der Waals surface area (Å²) in [6.07, 6.45) is 5.12. The highest BCUT2D eigenvalue weighted by atomic mass is 79.9. The molecule has 1 aliphatic carbocycles. The van der Waals surface area contributed by atoms with Gasteiger partial charge in [-0.25, -0.2) is 8.42 Å². The average molecular weight is 681 g/mol. The molecule has 1 fully saturated rings. The van der Waals surface area contributed by atoms with Crippen LogP contribution in [0.5, 0.6) is 0 Å². The van der Waals surface area contributed by atoms with E-state index in [1.165, 1.54) is 4.90 Å². The van der Waals surface area contributed by atoms with Crippen molar-refractivity contribution in [3.8, 4) is 0 Å². The zero-order valence-electron chi connectivity index (χ0n) is 22.6. The van der Waals surface area contributed by atoms with Crippen LogP contribution < -0.4 is 9.62 Å². The third-order valence-corrected chi connectivity index (χ3v) is 9.32. The van der Waals surface area contributed by atoms with E-state index in [4.69, 9.17) is 23.2 Å². The standard InChI is InChI=1S/C30H32BrCl2N3O4S/c1-41(39,40)36(26-13-7-10-23(31)17-26)20-29(37)35(19-22-14-15-24(32)18-27(22)33)28(16-21-8-3-2-4-9-21)30(38)34-25-11-5-6-12-25/h2-4,7-10,13-15,17-18,25,28H,5-6,11-12,16,19-20H2,1H3,(H,34,38). The molecule has 1 aliphatic rings. The maximum Gasteiger partial charge on any atom is 0.244 e. The largest absolute Gasteiger partial charge is 0.352 e. The quantitative estimate of drug-likeness (QED) is 0.261. The summed E-state index contributed by atoms with van der Waals surface area (Å²) >= 11 is 16.0. The van der Waals surface area contributed by atoms with Gasteiger partial charge in [-0.05, 0) is 54.3 Å². The third-order valence-electron chi connectivity index (χ3n) is 7.10. The minimum Gasteiger partial charge on any atom is -0.352 e. The van der Waals surface area contributed by atoms with E-state index >= 15 is 0 Å². The zero-order chi connectivity index (χ0) is 29.6. The van der Waals surface area contributed by atoms with Crippen molar-refractivity contribution in [1.29, 1.82) is 0 Å². The van der Waals surface area contributed by atoms with Crippen molar-refractivity contribution >= 4 is 66.7 Å². The molecule has 0 bridgehead atoms. The van der Waals surface area contributed by atoms with Gasteiger partial charge in [0.1, 0.15) is 12.6 Å². The normalized spacial score (nSPS) is 14.4. The average Bonchev–Trinajstić information content (AvgIpc) is 3.43. The second kappa shape index (κ2) is 14.1.